The number of carbonyl (C=O) groups excluding carboxylic acids is 1. The molecule has 2 atom stereocenters. The smallest absolute Gasteiger partial charge is 0.406 e. The van der Waals surface area contributed by atoms with E-state index in [1.165, 1.54) is 17.7 Å². The molecule has 2 bridgehead atoms. The summed E-state index contributed by atoms with van der Waals surface area (Å²) in [6.45, 7) is 1.91. The number of hydrogen-bond acceptors (Lipinski definition) is 3. The first-order chi connectivity index (χ1) is 18.7. The lowest BCUT2D eigenvalue weighted by Crippen LogP contribution is -2.47. The molecular formula is C32H29F3N2O2. The van der Waals surface area contributed by atoms with Gasteiger partial charge < -0.3 is 9.64 Å². The fourth-order valence-corrected chi connectivity index (χ4v) is 6.50. The number of ether oxygens (including phenoxy) is 1. The molecule has 4 nitrogen and oxygen atoms in total. The number of rotatable bonds is 5. The summed E-state index contributed by atoms with van der Waals surface area (Å²) in [5, 5.41) is 1.16. The highest BCUT2D eigenvalue weighted by molar-refractivity contribution is 5.98. The van der Waals surface area contributed by atoms with E-state index >= 15 is 0 Å². The Labute approximate surface area is 225 Å². The van der Waals surface area contributed by atoms with Crippen LogP contribution in [0.25, 0.3) is 22.0 Å². The largest absolute Gasteiger partial charge is 0.573 e. The predicted octanol–water partition coefficient (Wildman–Crippen LogP) is 7.73. The van der Waals surface area contributed by atoms with E-state index in [-0.39, 0.29) is 23.7 Å². The molecule has 0 aliphatic carbocycles. The van der Waals surface area contributed by atoms with E-state index in [4.69, 9.17) is 0 Å². The molecule has 3 heterocycles. The number of aromatic nitrogens is 1. The molecule has 6 rings (SSSR count). The molecule has 3 aromatic carbocycles. The van der Waals surface area contributed by atoms with Crippen LogP contribution in [0, 0.1) is 12.8 Å². The van der Waals surface area contributed by atoms with Crippen molar-refractivity contribution >= 4 is 16.8 Å². The zero-order valence-electron chi connectivity index (χ0n) is 21.6. The van der Waals surface area contributed by atoms with Crippen LogP contribution in [0.2, 0.25) is 0 Å². The maximum Gasteiger partial charge on any atom is 0.573 e. The number of alkyl halides is 3. The van der Waals surface area contributed by atoms with Gasteiger partial charge >= 0.3 is 6.36 Å². The Bertz CT molecular complexity index is 1500. The van der Waals surface area contributed by atoms with Crippen molar-refractivity contribution in [2.75, 3.05) is 0 Å². The number of para-hydroxylation sites is 1. The molecule has 0 spiro atoms. The summed E-state index contributed by atoms with van der Waals surface area (Å²) in [5.41, 5.74) is 5.29. The summed E-state index contributed by atoms with van der Waals surface area (Å²) < 4.78 is 41.6. The van der Waals surface area contributed by atoms with Crippen LogP contribution in [0.1, 0.15) is 47.2 Å². The molecule has 2 aliphatic heterocycles. The van der Waals surface area contributed by atoms with Crippen LogP contribution in [-0.2, 0) is 6.42 Å². The molecule has 2 unspecified atom stereocenters. The van der Waals surface area contributed by atoms with E-state index < -0.39 is 6.36 Å². The monoisotopic (exact) mass is 530 g/mol. The zero-order valence-corrected chi connectivity index (χ0v) is 21.6. The zero-order chi connectivity index (χ0) is 27.1. The third-order valence-corrected chi connectivity index (χ3v) is 8.20. The summed E-state index contributed by atoms with van der Waals surface area (Å²) in [5.74, 6) is 0.291. The van der Waals surface area contributed by atoms with Crippen LogP contribution in [0.4, 0.5) is 13.2 Å². The van der Waals surface area contributed by atoms with Crippen LogP contribution < -0.4 is 4.74 Å². The SMILES string of the molecule is Cc1c(C(=O)N2C3CCC2CC(Cc2cnc4ccccc4c2)C3)cccc1-c1ccc(OC(F)(F)F)cc1. The minimum absolute atomic E-state index is 0.0460. The normalized spacial score (nSPS) is 20.8. The molecule has 4 aromatic rings. The molecule has 2 fully saturated rings. The van der Waals surface area contributed by atoms with Crippen molar-refractivity contribution in [1.29, 1.82) is 0 Å². The predicted molar refractivity (Wildman–Crippen MR) is 144 cm³/mol. The van der Waals surface area contributed by atoms with Crippen molar-refractivity contribution in [2.45, 2.75) is 57.5 Å². The van der Waals surface area contributed by atoms with Gasteiger partial charge in [-0.1, -0.05) is 42.5 Å². The molecule has 1 aromatic heterocycles. The molecule has 2 saturated heterocycles. The maximum absolute atomic E-state index is 13.9. The van der Waals surface area contributed by atoms with Crippen LogP contribution >= 0.6 is 0 Å². The lowest BCUT2D eigenvalue weighted by molar-refractivity contribution is -0.274. The van der Waals surface area contributed by atoms with Gasteiger partial charge in [-0.15, -0.1) is 13.2 Å². The summed E-state index contributed by atoms with van der Waals surface area (Å²) in [7, 11) is 0. The van der Waals surface area contributed by atoms with E-state index in [2.05, 4.69) is 26.8 Å². The number of fused-ring (bicyclic) bond motifs is 3. The molecule has 0 N–H and O–H groups in total. The first-order valence-corrected chi connectivity index (χ1v) is 13.4. The van der Waals surface area contributed by atoms with Crippen molar-refractivity contribution in [3.05, 3.63) is 95.7 Å². The molecule has 39 heavy (non-hydrogen) atoms. The number of piperidine rings is 1. The van der Waals surface area contributed by atoms with Crippen LogP contribution in [0.3, 0.4) is 0 Å². The molecule has 7 heteroatoms. The Morgan fingerprint density at radius 3 is 2.41 bits per heavy atom. The second-order valence-corrected chi connectivity index (χ2v) is 10.7. The van der Waals surface area contributed by atoms with Gasteiger partial charge in [0, 0.05) is 29.2 Å². The van der Waals surface area contributed by atoms with Crippen molar-refractivity contribution < 1.29 is 22.7 Å². The summed E-state index contributed by atoms with van der Waals surface area (Å²) in [4.78, 5) is 20.6. The van der Waals surface area contributed by atoms with Gasteiger partial charge in [-0.2, -0.15) is 0 Å². The first-order valence-electron chi connectivity index (χ1n) is 13.4. The first kappa shape index (κ1) is 25.4. The minimum Gasteiger partial charge on any atom is -0.406 e. The number of pyridine rings is 1. The Kier molecular flexibility index (Phi) is 6.53. The third kappa shape index (κ3) is 5.22. The van der Waals surface area contributed by atoms with Crippen molar-refractivity contribution in [3.63, 3.8) is 0 Å². The molecule has 2 aliphatic rings. The topological polar surface area (TPSA) is 42.4 Å². The summed E-state index contributed by atoms with van der Waals surface area (Å²) >= 11 is 0. The van der Waals surface area contributed by atoms with Gasteiger partial charge in [0.15, 0.2) is 0 Å². The van der Waals surface area contributed by atoms with E-state index in [9.17, 15) is 18.0 Å². The number of halogens is 3. The van der Waals surface area contributed by atoms with Crippen molar-refractivity contribution in [3.8, 4) is 16.9 Å². The van der Waals surface area contributed by atoms with Gasteiger partial charge in [-0.25, -0.2) is 0 Å². The molecule has 0 radical (unpaired) electrons. The fourth-order valence-electron chi connectivity index (χ4n) is 6.50. The lowest BCUT2D eigenvalue weighted by atomic mass is 9.85. The average Bonchev–Trinajstić information content (AvgIpc) is 3.18. The van der Waals surface area contributed by atoms with E-state index in [1.807, 2.05) is 49.5 Å². The maximum atomic E-state index is 13.9. The minimum atomic E-state index is -4.73. The van der Waals surface area contributed by atoms with E-state index in [1.54, 1.807) is 12.1 Å². The van der Waals surface area contributed by atoms with Crippen molar-refractivity contribution in [1.82, 2.24) is 9.88 Å². The Morgan fingerprint density at radius 1 is 0.974 bits per heavy atom. The highest BCUT2D eigenvalue weighted by atomic mass is 19.4. The molecule has 0 saturated carbocycles. The van der Waals surface area contributed by atoms with Gasteiger partial charge in [0.25, 0.3) is 5.91 Å². The Hall–Kier alpha value is -3.87. The highest BCUT2D eigenvalue weighted by Crippen LogP contribution is 2.41. The number of hydrogen-bond donors (Lipinski definition) is 0. The molecule has 200 valence electrons. The van der Waals surface area contributed by atoms with E-state index in [0.717, 1.165) is 59.7 Å². The van der Waals surface area contributed by atoms with Gasteiger partial charge in [0.2, 0.25) is 0 Å². The lowest BCUT2D eigenvalue weighted by Gasteiger charge is -2.39. The van der Waals surface area contributed by atoms with Gasteiger partial charge in [-0.05, 0) is 97.5 Å². The number of benzene rings is 3. The quantitative estimate of drug-likeness (QED) is 0.265. The number of nitrogens with zero attached hydrogens (tertiary/aromatic N) is 2. The Balaban J connectivity index is 1.18. The Morgan fingerprint density at radius 2 is 1.69 bits per heavy atom. The second-order valence-electron chi connectivity index (χ2n) is 10.7. The average molecular weight is 531 g/mol. The van der Waals surface area contributed by atoms with Crippen LogP contribution in [0.5, 0.6) is 5.75 Å². The van der Waals surface area contributed by atoms with Gasteiger partial charge in [-0.3, -0.25) is 9.78 Å². The van der Waals surface area contributed by atoms with Crippen molar-refractivity contribution in [2.24, 2.45) is 5.92 Å². The number of carbonyl (C=O) groups is 1. The third-order valence-electron chi connectivity index (χ3n) is 8.20. The molecular weight excluding hydrogens is 501 g/mol. The second kappa shape index (κ2) is 10.0. The summed E-state index contributed by atoms with van der Waals surface area (Å²) in [6, 6.07) is 22.2. The summed E-state index contributed by atoms with van der Waals surface area (Å²) in [6.07, 6.45) is 2.21. The fraction of sp³-hybridized carbons (Fsp3) is 0.312. The van der Waals surface area contributed by atoms with Crippen LogP contribution in [-0.4, -0.2) is 34.2 Å². The van der Waals surface area contributed by atoms with Gasteiger partial charge in [0.05, 0.1) is 5.52 Å². The standard InChI is InChI=1S/C32H29F3N2O2/c1-20-28(23-9-13-27(14-10-23)39-32(33,34)35)6-4-7-29(20)31(38)37-25-11-12-26(37)18-21(17-25)15-22-16-24-5-2-3-8-30(24)36-19-22/h2-10,13-14,16,19,21,25-26H,11-12,15,17-18H2,1H3. The van der Waals surface area contributed by atoms with E-state index in [0.29, 0.717) is 11.5 Å². The van der Waals surface area contributed by atoms with Gasteiger partial charge in [0.1, 0.15) is 5.75 Å². The van der Waals surface area contributed by atoms with Crippen LogP contribution in [0.15, 0.2) is 79.0 Å². The highest BCUT2D eigenvalue weighted by Gasteiger charge is 2.43. The number of amides is 1. The molecule has 1 amide bonds.